The molecule has 1 saturated carbocycles. The Morgan fingerprint density at radius 3 is 3.04 bits per heavy atom. The molecular formula is C18H22N4O2. The highest BCUT2D eigenvalue weighted by Gasteiger charge is 2.30. The third-order valence-electron chi connectivity index (χ3n) is 4.76. The van der Waals surface area contributed by atoms with Gasteiger partial charge in [0.25, 0.3) is 5.91 Å². The average Bonchev–Trinajstić information content (AvgIpc) is 3.30. The number of carbonyl (C=O) groups is 1. The molecule has 1 amide bonds. The third kappa shape index (κ3) is 3.14. The largest absolute Gasteiger partial charge is 0.508 e. The van der Waals surface area contributed by atoms with Crippen LogP contribution in [0.25, 0.3) is 0 Å². The summed E-state index contributed by atoms with van der Waals surface area (Å²) in [5, 5.41) is 20.3. The van der Waals surface area contributed by atoms with Crippen LogP contribution in [0.2, 0.25) is 0 Å². The van der Waals surface area contributed by atoms with E-state index < -0.39 is 0 Å². The Labute approximate surface area is 140 Å². The van der Waals surface area contributed by atoms with E-state index in [1.807, 2.05) is 17.0 Å². The van der Waals surface area contributed by atoms with E-state index in [2.05, 4.69) is 15.5 Å². The van der Waals surface area contributed by atoms with Crippen molar-refractivity contribution in [2.45, 2.75) is 32.4 Å². The second-order valence-electron chi connectivity index (χ2n) is 6.76. The Morgan fingerprint density at radius 2 is 2.25 bits per heavy atom. The number of phenols is 1. The van der Waals surface area contributed by atoms with Crippen LogP contribution in [0.1, 0.15) is 40.2 Å². The summed E-state index contributed by atoms with van der Waals surface area (Å²) in [5.74, 6) is 0.804. The number of fused-ring (bicyclic) bond motifs is 1. The molecule has 126 valence electrons. The molecule has 4 rings (SSSR count). The quantitative estimate of drug-likeness (QED) is 0.783. The van der Waals surface area contributed by atoms with E-state index in [0.29, 0.717) is 24.7 Å². The van der Waals surface area contributed by atoms with Gasteiger partial charge in [0.1, 0.15) is 5.75 Å². The Kier molecular flexibility index (Phi) is 3.98. The normalized spacial score (nSPS) is 16.7. The molecule has 2 aliphatic rings. The number of rotatable bonds is 5. The summed E-state index contributed by atoms with van der Waals surface area (Å²) in [5.41, 5.74) is 3.55. The van der Waals surface area contributed by atoms with Crippen molar-refractivity contribution >= 4 is 5.91 Å². The number of aromatic hydroxyl groups is 1. The number of nitrogens with zero attached hydrogens (tertiary/aromatic N) is 2. The molecule has 0 unspecified atom stereocenters. The van der Waals surface area contributed by atoms with E-state index >= 15 is 0 Å². The van der Waals surface area contributed by atoms with Gasteiger partial charge in [-0.05, 0) is 36.5 Å². The fraction of sp³-hybridized carbons (Fsp3) is 0.444. The lowest BCUT2D eigenvalue weighted by atomic mass is 10.1. The first-order valence-electron chi connectivity index (χ1n) is 8.54. The highest BCUT2D eigenvalue weighted by atomic mass is 16.3. The molecule has 0 bridgehead atoms. The molecule has 2 aromatic rings. The van der Waals surface area contributed by atoms with Gasteiger partial charge in [0.2, 0.25) is 0 Å². The van der Waals surface area contributed by atoms with Gasteiger partial charge >= 0.3 is 0 Å². The van der Waals surface area contributed by atoms with Gasteiger partial charge < -0.3 is 15.3 Å². The zero-order valence-electron chi connectivity index (χ0n) is 13.6. The predicted molar refractivity (Wildman–Crippen MR) is 89.6 cm³/mol. The second kappa shape index (κ2) is 6.28. The van der Waals surface area contributed by atoms with E-state index in [9.17, 15) is 9.90 Å². The van der Waals surface area contributed by atoms with Crippen LogP contribution in [-0.2, 0) is 19.5 Å². The van der Waals surface area contributed by atoms with Crippen molar-refractivity contribution in [3.63, 3.8) is 0 Å². The van der Waals surface area contributed by atoms with Gasteiger partial charge in [0.05, 0.1) is 0 Å². The van der Waals surface area contributed by atoms with Crippen molar-refractivity contribution < 1.29 is 9.90 Å². The van der Waals surface area contributed by atoms with Crippen LogP contribution in [0.5, 0.6) is 5.75 Å². The number of phenolic OH excluding ortho intramolecular Hbond substituents is 1. The molecule has 0 saturated heterocycles. The molecule has 6 heteroatoms. The summed E-state index contributed by atoms with van der Waals surface area (Å²) in [6.45, 7) is 2.86. The van der Waals surface area contributed by atoms with E-state index in [1.165, 1.54) is 12.8 Å². The molecule has 0 radical (unpaired) electrons. The third-order valence-corrected chi connectivity index (χ3v) is 4.76. The maximum atomic E-state index is 13.1. The van der Waals surface area contributed by atoms with Gasteiger partial charge in [0.15, 0.2) is 5.69 Å². The minimum absolute atomic E-state index is 0.0218. The minimum Gasteiger partial charge on any atom is -0.508 e. The zero-order valence-corrected chi connectivity index (χ0v) is 13.6. The van der Waals surface area contributed by atoms with Crippen LogP contribution in [0.3, 0.4) is 0 Å². The summed E-state index contributed by atoms with van der Waals surface area (Å²) in [6, 6.07) is 7.11. The predicted octanol–water partition coefficient (Wildman–Crippen LogP) is 1.81. The van der Waals surface area contributed by atoms with Gasteiger partial charge in [-0.15, -0.1) is 0 Å². The van der Waals surface area contributed by atoms with Crippen LogP contribution in [0, 0.1) is 5.92 Å². The van der Waals surface area contributed by atoms with Crippen LogP contribution >= 0.6 is 0 Å². The molecule has 1 aromatic carbocycles. The van der Waals surface area contributed by atoms with Crippen molar-refractivity contribution in [3.8, 4) is 5.75 Å². The number of hydrogen-bond donors (Lipinski definition) is 3. The van der Waals surface area contributed by atoms with E-state index in [-0.39, 0.29) is 11.7 Å². The Balaban J connectivity index is 1.58. The summed E-state index contributed by atoms with van der Waals surface area (Å²) in [4.78, 5) is 15.0. The Hall–Kier alpha value is -2.34. The number of carbonyl (C=O) groups excluding carboxylic acids is 1. The van der Waals surface area contributed by atoms with Gasteiger partial charge in [-0.2, -0.15) is 5.10 Å². The lowest BCUT2D eigenvalue weighted by molar-refractivity contribution is 0.0727. The van der Waals surface area contributed by atoms with Crippen molar-refractivity contribution in [3.05, 3.63) is 46.8 Å². The summed E-state index contributed by atoms with van der Waals surface area (Å²) in [7, 11) is 0. The van der Waals surface area contributed by atoms with Gasteiger partial charge in [-0.3, -0.25) is 9.89 Å². The maximum Gasteiger partial charge on any atom is 0.275 e. The number of nitrogens with one attached hydrogen (secondary N) is 2. The monoisotopic (exact) mass is 326 g/mol. The molecule has 2 heterocycles. The molecular weight excluding hydrogens is 304 g/mol. The molecule has 1 aliphatic heterocycles. The van der Waals surface area contributed by atoms with Gasteiger partial charge in [-0.1, -0.05) is 12.1 Å². The van der Waals surface area contributed by atoms with Crippen molar-refractivity contribution in [1.82, 2.24) is 20.4 Å². The number of benzene rings is 1. The zero-order chi connectivity index (χ0) is 16.5. The smallest absolute Gasteiger partial charge is 0.275 e. The molecule has 24 heavy (non-hydrogen) atoms. The van der Waals surface area contributed by atoms with Crippen molar-refractivity contribution in [1.29, 1.82) is 0 Å². The minimum atomic E-state index is -0.0218. The van der Waals surface area contributed by atoms with E-state index in [1.54, 1.807) is 12.1 Å². The van der Waals surface area contributed by atoms with Crippen LogP contribution in [0.4, 0.5) is 0 Å². The highest BCUT2D eigenvalue weighted by molar-refractivity contribution is 5.94. The fourth-order valence-electron chi connectivity index (χ4n) is 3.26. The second-order valence-corrected chi connectivity index (χ2v) is 6.76. The molecule has 1 fully saturated rings. The van der Waals surface area contributed by atoms with E-state index in [4.69, 9.17) is 0 Å². The van der Waals surface area contributed by atoms with Crippen LogP contribution in [-0.4, -0.2) is 39.2 Å². The summed E-state index contributed by atoms with van der Waals surface area (Å²) < 4.78 is 0. The van der Waals surface area contributed by atoms with Gasteiger partial charge in [0, 0.05) is 43.9 Å². The Bertz CT molecular complexity index is 751. The molecule has 6 nitrogen and oxygen atoms in total. The average molecular weight is 326 g/mol. The topological polar surface area (TPSA) is 81.2 Å². The van der Waals surface area contributed by atoms with Crippen LogP contribution < -0.4 is 5.32 Å². The number of aromatic nitrogens is 2. The lowest BCUT2D eigenvalue weighted by Crippen LogP contribution is -2.34. The first-order valence-corrected chi connectivity index (χ1v) is 8.54. The molecule has 0 spiro atoms. The SMILES string of the molecule is O=C(c1n[nH]c2c1CNCC2)N(Cc1cccc(O)c1)CC1CC1. The highest BCUT2D eigenvalue weighted by Crippen LogP contribution is 2.31. The lowest BCUT2D eigenvalue weighted by Gasteiger charge is -2.23. The van der Waals surface area contributed by atoms with Crippen molar-refractivity contribution in [2.24, 2.45) is 5.92 Å². The van der Waals surface area contributed by atoms with Gasteiger partial charge in [-0.25, -0.2) is 0 Å². The fourth-order valence-corrected chi connectivity index (χ4v) is 3.26. The van der Waals surface area contributed by atoms with Crippen LogP contribution in [0.15, 0.2) is 24.3 Å². The molecule has 1 aromatic heterocycles. The number of hydrogen-bond acceptors (Lipinski definition) is 4. The first-order chi connectivity index (χ1) is 11.7. The standard InChI is InChI=1S/C18H22N4O2/c23-14-3-1-2-13(8-14)11-22(10-12-4-5-12)18(24)17-15-9-19-7-6-16(15)20-21-17/h1-3,8,12,19,23H,4-7,9-11H2,(H,20,21). The van der Waals surface area contributed by atoms with Crippen molar-refractivity contribution in [2.75, 3.05) is 13.1 Å². The van der Waals surface area contributed by atoms with E-state index in [0.717, 1.165) is 36.3 Å². The molecule has 3 N–H and O–H groups in total. The summed E-state index contributed by atoms with van der Waals surface area (Å²) in [6.07, 6.45) is 3.25. The first kappa shape index (κ1) is 15.2. The number of H-pyrrole nitrogens is 1. The molecule has 1 aliphatic carbocycles. The number of aromatic amines is 1. The molecule has 0 atom stereocenters. The number of amides is 1. The Morgan fingerprint density at radius 1 is 1.38 bits per heavy atom. The summed E-state index contributed by atoms with van der Waals surface area (Å²) >= 11 is 0. The maximum absolute atomic E-state index is 13.1.